The fourth-order valence-electron chi connectivity index (χ4n) is 4.69. The second-order valence-corrected chi connectivity index (χ2v) is 7.87. The molecule has 31 heavy (non-hydrogen) atoms. The Morgan fingerprint density at radius 1 is 0.645 bits per heavy atom. The Morgan fingerprint density at radius 3 is 1.65 bits per heavy atom. The van der Waals surface area contributed by atoms with Crippen LogP contribution in [-0.2, 0) is 15.1 Å². The van der Waals surface area contributed by atoms with Gasteiger partial charge in [0.2, 0.25) is 0 Å². The number of likely N-dealkylation sites (N-methyl/N-ethyl adjacent to an activating group) is 2. The van der Waals surface area contributed by atoms with Crippen LogP contribution in [0.3, 0.4) is 0 Å². The Balaban J connectivity index is 1.88. The topological polar surface area (TPSA) is 40.6 Å². The molecule has 0 bridgehead atoms. The Hall–Kier alpha value is -3.92. The van der Waals surface area contributed by atoms with E-state index >= 15 is 0 Å². The molecule has 0 aromatic heterocycles. The monoisotopic (exact) mass is 406 g/mol. The van der Waals surface area contributed by atoms with E-state index < -0.39 is 5.54 Å². The summed E-state index contributed by atoms with van der Waals surface area (Å²) in [5, 5.41) is 0. The quantitative estimate of drug-likeness (QED) is 0.612. The van der Waals surface area contributed by atoms with Gasteiger partial charge in [0.15, 0.2) is 0 Å². The lowest BCUT2D eigenvalue weighted by molar-refractivity contribution is -0.136. The van der Waals surface area contributed by atoms with Crippen LogP contribution >= 0.6 is 0 Å². The van der Waals surface area contributed by atoms with Gasteiger partial charge in [-0.2, -0.15) is 0 Å². The van der Waals surface area contributed by atoms with Crippen molar-refractivity contribution in [3.8, 4) is 0 Å². The number of carbonyl (C=O) groups excluding carboxylic acids is 2. The second kappa shape index (κ2) is 7.10. The standard InChI is InChI=1S/C27H22N2O2/c1-28-25(30)23-22(19-12-6-3-7-13-19)18-27(20-14-8-4-9-15-20,21-16-10-5-11-17-21)29(2)24(23)26(28)31/h3-18H,1-2H3. The van der Waals surface area contributed by atoms with Crippen molar-refractivity contribution in [2.75, 3.05) is 14.1 Å². The molecule has 3 aromatic carbocycles. The Labute approximate surface area is 181 Å². The maximum atomic E-state index is 13.3. The summed E-state index contributed by atoms with van der Waals surface area (Å²) < 4.78 is 0. The van der Waals surface area contributed by atoms with E-state index in [1.807, 2.05) is 78.7 Å². The van der Waals surface area contributed by atoms with Crippen molar-refractivity contribution in [2.24, 2.45) is 0 Å². The molecular weight excluding hydrogens is 384 g/mol. The molecule has 0 unspecified atom stereocenters. The lowest BCUT2D eigenvalue weighted by Gasteiger charge is -2.45. The zero-order chi connectivity index (χ0) is 21.6. The van der Waals surface area contributed by atoms with Crippen LogP contribution in [0.15, 0.2) is 108 Å². The maximum absolute atomic E-state index is 13.3. The number of nitrogens with zero attached hydrogens (tertiary/aromatic N) is 2. The molecule has 3 aromatic rings. The molecule has 0 saturated heterocycles. The fourth-order valence-corrected chi connectivity index (χ4v) is 4.69. The number of hydrogen-bond acceptors (Lipinski definition) is 3. The van der Waals surface area contributed by atoms with Crippen molar-refractivity contribution in [1.82, 2.24) is 9.80 Å². The second-order valence-electron chi connectivity index (χ2n) is 7.87. The number of amides is 2. The average Bonchev–Trinajstić information content (AvgIpc) is 3.06. The van der Waals surface area contributed by atoms with Crippen molar-refractivity contribution < 1.29 is 9.59 Å². The molecule has 4 nitrogen and oxygen atoms in total. The Kier molecular flexibility index (Phi) is 4.36. The van der Waals surface area contributed by atoms with Crippen molar-refractivity contribution in [3.05, 3.63) is 125 Å². The highest BCUT2D eigenvalue weighted by Gasteiger charge is 2.50. The van der Waals surface area contributed by atoms with E-state index in [0.717, 1.165) is 22.3 Å². The van der Waals surface area contributed by atoms with Crippen LogP contribution in [0.2, 0.25) is 0 Å². The molecule has 152 valence electrons. The smallest absolute Gasteiger partial charge is 0.277 e. The Bertz CT molecular complexity index is 1190. The van der Waals surface area contributed by atoms with Gasteiger partial charge in [-0.05, 0) is 28.3 Å². The molecule has 4 heteroatoms. The van der Waals surface area contributed by atoms with Gasteiger partial charge in [-0.25, -0.2) is 0 Å². The summed E-state index contributed by atoms with van der Waals surface area (Å²) in [6.45, 7) is 0. The molecular formula is C27H22N2O2. The van der Waals surface area contributed by atoms with Gasteiger partial charge in [-0.15, -0.1) is 0 Å². The molecule has 2 amide bonds. The SMILES string of the molecule is CN1C(=O)C2=C(C1=O)N(C)C(c1ccccc1)(c1ccccc1)C=C2c1ccccc1. The third-order valence-electron chi connectivity index (χ3n) is 6.26. The van der Waals surface area contributed by atoms with Crippen LogP contribution < -0.4 is 0 Å². The van der Waals surface area contributed by atoms with Crippen molar-refractivity contribution in [3.63, 3.8) is 0 Å². The lowest BCUT2D eigenvalue weighted by atomic mass is 9.75. The summed E-state index contributed by atoms with van der Waals surface area (Å²) in [6, 6.07) is 30.1. The van der Waals surface area contributed by atoms with Gasteiger partial charge in [0.05, 0.1) is 5.57 Å². The molecule has 0 spiro atoms. The van der Waals surface area contributed by atoms with E-state index in [9.17, 15) is 9.59 Å². The fraction of sp³-hybridized carbons (Fsp3) is 0.111. The molecule has 0 aliphatic carbocycles. The summed E-state index contributed by atoms with van der Waals surface area (Å²) in [4.78, 5) is 29.6. The van der Waals surface area contributed by atoms with Gasteiger partial charge in [-0.3, -0.25) is 14.5 Å². The number of benzene rings is 3. The highest BCUT2D eigenvalue weighted by Crippen LogP contribution is 2.49. The number of carbonyl (C=O) groups is 2. The van der Waals surface area contributed by atoms with E-state index in [1.165, 1.54) is 4.90 Å². The minimum atomic E-state index is -0.742. The van der Waals surface area contributed by atoms with Crippen LogP contribution in [0.1, 0.15) is 16.7 Å². The first-order valence-corrected chi connectivity index (χ1v) is 10.3. The van der Waals surface area contributed by atoms with Crippen molar-refractivity contribution in [1.29, 1.82) is 0 Å². The molecule has 0 N–H and O–H groups in total. The zero-order valence-corrected chi connectivity index (χ0v) is 17.4. The minimum Gasteiger partial charge on any atom is -0.352 e. The Morgan fingerprint density at radius 2 is 1.13 bits per heavy atom. The summed E-state index contributed by atoms with van der Waals surface area (Å²) in [5.41, 5.74) is 3.90. The first kappa shape index (κ1) is 19.1. The summed E-state index contributed by atoms with van der Waals surface area (Å²) in [7, 11) is 3.45. The molecule has 0 radical (unpaired) electrons. The minimum absolute atomic E-state index is 0.267. The van der Waals surface area contributed by atoms with E-state index in [-0.39, 0.29) is 11.8 Å². The van der Waals surface area contributed by atoms with Gasteiger partial charge >= 0.3 is 0 Å². The normalized spacial score (nSPS) is 17.7. The molecule has 0 fully saturated rings. The third kappa shape index (κ3) is 2.68. The number of rotatable bonds is 3. The molecule has 2 aliphatic rings. The highest BCUT2D eigenvalue weighted by atomic mass is 16.2. The van der Waals surface area contributed by atoms with E-state index in [0.29, 0.717) is 11.3 Å². The van der Waals surface area contributed by atoms with E-state index in [4.69, 9.17) is 0 Å². The van der Waals surface area contributed by atoms with Gasteiger partial charge in [0, 0.05) is 14.1 Å². The zero-order valence-electron chi connectivity index (χ0n) is 17.4. The van der Waals surface area contributed by atoms with Crippen LogP contribution in [0.4, 0.5) is 0 Å². The van der Waals surface area contributed by atoms with Gasteiger partial charge < -0.3 is 4.90 Å². The first-order valence-electron chi connectivity index (χ1n) is 10.3. The van der Waals surface area contributed by atoms with Gasteiger partial charge in [0.1, 0.15) is 11.2 Å². The number of imide groups is 1. The predicted molar refractivity (Wildman–Crippen MR) is 121 cm³/mol. The first-order chi connectivity index (χ1) is 15.1. The van der Waals surface area contributed by atoms with E-state index in [1.54, 1.807) is 7.05 Å². The predicted octanol–water partition coefficient (Wildman–Crippen LogP) is 4.21. The van der Waals surface area contributed by atoms with E-state index in [2.05, 4.69) is 30.3 Å². The van der Waals surface area contributed by atoms with Crippen LogP contribution in [-0.4, -0.2) is 35.7 Å². The third-order valence-corrected chi connectivity index (χ3v) is 6.26. The summed E-state index contributed by atoms with van der Waals surface area (Å²) in [6.07, 6.45) is 2.14. The maximum Gasteiger partial charge on any atom is 0.277 e. The van der Waals surface area contributed by atoms with Crippen molar-refractivity contribution >= 4 is 17.4 Å². The number of hydrogen-bond donors (Lipinski definition) is 0. The van der Waals surface area contributed by atoms with Crippen LogP contribution in [0, 0.1) is 0 Å². The largest absolute Gasteiger partial charge is 0.352 e. The highest BCUT2D eigenvalue weighted by molar-refractivity contribution is 6.26. The van der Waals surface area contributed by atoms with Crippen LogP contribution in [0.5, 0.6) is 0 Å². The molecule has 2 aliphatic heterocycles. The van der Waals surface area contributed by atoms with Crippen LogP contribution in [0.25, 0.3) is 5.57 Å². The van der Waals surface area contributed by atoms with Crippen molar-refractivity contribution in [2.45, 2.75) is 5.54 Å². The molecule has 5 rings (SSSR count). The lowest BCUT2D eigenvalue weighted by Crippen LogP contribution is -2.46. The summed E-state index contributed by atoms with van der Waals surface area (Å²) >= 11 is 0. The molecule has 0 atom stereocenters. The molecule has 0 saturated carbocycles. The summed E-state index contributed by atoms with van der Waals surface area (Å²) in [5.74, 6) is -0.544. The molecule has 2 heterocycles. The van der Waals surface area contributed by atoms with Gasteiger partial charge in [0.25, 0.3) is 11.8 Å². The average molecular weight is 406 g/mol. The van der Waals surface area contributed by atoms with Gasteiger partial charge in [-0.1, -0.05) is 91.0 Å².